The van der Waals surface area contributed by atoms with Gasteiger partial charge < -0.3 is 85.9 Å². The highest BCUT2D eigenvalue weighted by molar-refractivity contribution is 8.76. The monoisotopic (exact) mass is 1040 g/mol. The van der Waals surface area contributed by atoms with E-state index < -0.39 is 151 Å². The summed E-state index contributed by atoms with van der Waals surface area (Å²) < 4.78 is 0. The Balaban J connectivity index is 3.91. The predicted molar refractivity (Wildman–Crippen MR) is 253 cm³/mol. The van der Waals surface area contributed by atoms with Crippen molar-refractivity contribution in [2.24, 2.45) is 33.8 Å². The van der Waals surface area contributed by atoms with Crippen LogP contribution in [0.4, 0.5) is 0 Å². The molecule has 1 aliphatic heterocycles. The van der Waals surface area contributed by atoms with Crippen LogP contribution in [-0.4, -0.2) is 189 Å². The molecule has 20 N–H and O–H groups in total. The number of nitrogens with two attached hydrogens (primary N) is 4. The molecule has 0 radical (unpaired) electrons. The first-order chi connectivity index (χ1) is 32.3. The number of carboxylic acids is 2. The van der Waals surface area contributed by atoms with Gasteiger partial charge in [-0.3, -0.25) is 57.7 Å². The van der Waals surface area contributed by atoms with Crippen LogP contribution in [0.25, 0.3) is 0 Å². The van der Waals surface area contributed by atoms with Crippen molar-refractivity contribution in [3.05, 3.63) is 0 Å². The number of carboxylic acid groups (broad SMARTS) is 2. The molecule has 31 heteroatoms. The first-order valence-corrected chi connectivity index (χ1v) is 25.2. The zero-order valence-corrected chi connectivity index (χ0v) is 40.8. The number of aliphatic imine (C=N–C) groups is 1. The van der Waals surface area contributed by atoms with Crippen molar-refractivity contribution in [3.8, 4) is 0 Å². The van der Waals surface area contributed by atoms with Crippen molar-refractivity contribution in [1.82, 2.24) is 42.5 Å². The van der Waals surface area contributed by atoms with Crippen LogP contribution >= 0.6 is 33.3 Å². The number of carbonyl (C=O) groups excluding carboxylic acids is 9. The maximum atomic E-state index is 14.1. The van der Waals surface area contributed by atoms with Gasteiger partial charge in [-0.15, -0.1) is 0 Å². The minimum atomic E-state index is -2.02. The lowest BCUT2D eigenvalue weighted by molar-refractivity contribution is -0.142. The maximum Gasteiger partial charge on any atom is 0.305 e. The first kappa shape index (κ1) is 61.4. The molecule has 1 rings (SSSR count). The first-order valence-electron chi connectivity index (χ1n) is 21.3. The molecule has 0 unspecified atom stereocenters. The number of aliphatic hydroxyl groups excluding tert-OH is 2. The number of nitrogens with zero attached hydrogens (tertiary/aromatic N) is 1. The lowest BCUT2D eigenvalue weighted by Gasteiger charge is -2.28. The van der Waals surface area contributed by atoms with E-state index >= 15 is 0 Å². The third-order valence-corrected chi connectivity index (χ3v) is 12.7. The van der Waals surface area contributed by atoms with Crippen molar-refractivity contribution >= 4 is 104 Å². The summed E-state index contributed by atoms with van der Waals surface area (Å²) in [5.41, 5.74) is 22.4. The van der Waals surface area contributed by atoms with Crippen molar-refractivity contribution in [2.75, 3.05) is 36.7 Å². The number of primary amides is 1. The Morgan fingerprint density at radius 3 is 1.88 bits per heavy atom. The van der Waals surface area contributed by atoms with Gasteiger partial charge in [0, 0.05) is 18.1 Å². The SMILES string of the molecule is CSCC[C@H](N)C(=O)N[C@@H](CC(=O)O)C(=O)N[C@H]1CSSC[C@@H](C(N)=O)NC(=O)[C@H](CC(C)C)NC(=O)[C@@H]([C@@H](C)O)NC(=O)[C@H](CC(=O)O)NC(=O)[C@@H](CO)NC(=O)[C@H](CCCN=C(N)N)NC1=O. The van der Waals surface area contributed by atoms with Crippen molar-refractivity contribution in [1.29, 1.82) is 0 Å². The minimum Gasteiger partial charge on any atom is -0.481 e. The fourth-order valence-electron chi connectivity index (χ4n) is 5.98. The quantitative estimate of drug-likeness (QED) is 0.0233. The van der Waals surface area contributed by atoms with E-state index in [1.54, 1.807) is 20.1 Å². The molecular weight excluding hydrogens is 975 g/mol. The van der Waals surface area contributed by atoms with E-state index in [2.05, 4.69) is 47.5 Å². The van der Waals surface area contributed by atoms with Gasteiger partial charge >= 0.3 is 11.9 Å². The molecule has 9 amide bonds. The molecule has 0 aromatic rings. The Labute approximate surface area is 409 Å². The smallest absolute Gasteiger partial charge is 0.305 e. The third kappa shape index (κ3) is 23.5. The number of hydrogen-bond donors (Lipinski definition) is 16. The largest absolute Gasteiger partial charge is 0.481 e. The van der Waals surface area contributed by atoms with Gasteiger partial charge in [-0.2, -0.15) is 11.8 Å². The molecule has 1 saturated heterocycles. The number of rotatable bonds is 20. The van der Waals surface area contributed by atoms with Crippen LogP contribution in [0, 0.1) is 5.92 Å². The lowest BCUT2D eigenvalue weighted by atomic mass is 10.0. The number of carbonyl (C=O) groups is 11. The fraction of sp³-hybridized carbons (Fsp3) is 0.684. The zero-order chi connectivity index (χ0) is 52.5. The van der Waals surface area contributed by atoms with Gasteiger partial charge in [0.15, 0.2) is 5.96 Å². The lowest BCUT2D eigenvalue weighted by Crippen LogP contribution is -2.62. The Hall–Kier alpha value is -5.63. The van der Waals surface area contributed by atoms with Crippen molar-refractivity contribution in [2.45, 2.75) is 120 Å². The zero-order valence-electron chi connectivity index (χ0n) is 38.4. The highest BCUT2D eigenvalue weighted by atomic mass is 33.1. The highest BCUT2D eigenvalue weighted by Gasteiger charge is 2.37. The van der Waals surface area contributed by atoms with Crippen LogP contribution in [0.3, 0.4) is 0 Å². The molecule has 0 saturated carbocycles. The number of nitrogens with one attached hydrogen (secondary N) is 8. The number of hydrogen-bond acceptors (Lipinski definition) is 18. The molecule has 10 atom stereocenters. The van der Waals surface area contributed by atoms with E-state index in [1.165, 1.54) is 11.8 Å². The van der Waals surface area contributed by atoms with E-state index in [9.17, 15) is 73.2 Å². The number of amides is 9. The Morgan fingerprint density at radius 2 is 1.33 bits per heavy atom. The summed E-state index contributed by atoms with van der Waals surface area (Å²) in [5.74, 6) is -14.1. The van der Waals surface area contributed by atoms with E-state index in [-0.39, 0.29) is 49.9 Å². The summed E-state index contributed by atoms with van der Waals surface area (Å²) in [5, 5.41) is 58.3. The Morgan fingerprint density at radius 1 is 0.768 bits per heavy atom. The molecule has 1 fully saturated rings. The van der Waals surface area contributed by atoms with Gasteiger partial charge in [0.05, 0.1) is 31.6 Å². The molecule has 0 bridgehead atoms. The molecule has 0 spiro atoms. The molecular formula is C38H65N13O15S3. The second-order valence-electron chi connectivity index (χ2n) is 16.0. The van der Waals surface area contributed by atoms with Gasteiger partial charge in [-0.1, -0.05) is 35.4 Å². The van der Waals surface area contributed by atoms with Crippen LogP contribution in [0.15, 0.2) is 4.99 Å². The van der Waals surface area contributed by atoms with Crippen LogP contribution in [0.2, 0.25) is 0 Å². The number of thioether (sulfide) groups is 1. The molecule has 0 aliphatic carbocycles. The summed E-state index contributed by atoms with van der Waals surface area (Å²) in [7, 11) is 1.69. The van der Waals surface area contributed by atoms with Crippen molar-refractivity contribution < 1.29 is 73.2 Å². The number of guanidine groups is 1. The molecule has 0 aromatic heterocycles. The maximum absolute atomic E-state index is 14.1. The fourth-order valence-corrected chi connectivity index (χ4v) is 8.81. The number of aliphatic hydroxyl groups is 2. The Kier molecular flexibility index (Phi) is 28.0. The molecule has 28 nitrogen and oxygen atoms in total. The van der Waals surface area contributed by atoms with Crippen LogP contribution < -0.4 is 65.5 Å². The predicted octanol–water partition coefficient (Wildman–Crippen LogP) is -6.75. The van der Waals surface area contributed by atoms with E-state index in [1.807, 2.05) is 0 Å². The molecule has 0 aromatic carbocycles. The van der Waals surface area contributed by atoms with E-state index in [0.717, 1.165) is 28.5 Å². The van der Waals surface area contributed by atoms with Crippen LogP contribution in [-0.2, 0) is 52.7 Å². The van der Waals surface area contributed by atoms with Crippen LogP contribution in [0.1, 0.15) is 59.3 Å². The normalized spacial score (nSPS) is 24.0. The summed E-state index contributed by atoms with van der Waals surface area (Å²) in [6.45, 7) is 3.21. The minimum absolute atomic E-state index is 0.0193. The second-order valence-corrected chi connectivity index (χ2v) is 19.5. The highest BCUT2D eigenvalue weighted by Crippen LogP contribution is 2.24. The van der Waals surface area contributed by atoms with Gasteiger partial charge in [0.25, 0.3) is 0 Å². The van der Waals surface area contributed by atoms with E-state index in [4.69, 9.17) is 22.9 Å². The van der Waals surface area contributed by atoms with E-state index in [0.29, 0.717) is 5.75 Å². The van der Waals surface area contributed by atoms with Gasteiger partial charge in [-0.05, 0) is 50.5 Å². The molecule has 69 heavy (non-hydrogen) atoms. The summed E-state index contributed by atoms with van der Waals surface area (Å²) in [6, 6.07) is -14.9. The average molecular weight is 1040 g/mol. The molecule has 390 valence electrons. The van der Waals surface area contributed by atoms with Gasteiger partial charge in [0.1, 0.15) is 48.3 Å². The standard InChI is InChI=1S/C38H65N13O15S3/c1-16(2)10-20-32(61)49-24(29(40)58)14-68-69-15-25(50-33(62)21(11-26(54)55)45-30(59)18(39)7-9-67-4)36(65)44-19(6-5-8-43-38(41)42)31(60)48-23(13-52)35(64)46-22(12-27(56)57)34(63)51-28(17(3)53)37(66)47-20/h16-25,28,52-53H,5-15,39H2,1-4H3,(H2,40,58)(H,44,65)(H,45,59)(H,46,64)(H,47,66)(H,48,60)(H,49,61)(H,50,62)(H,51,63)(H,54,55)(H,56,57)(H4,41,42,43)/t17-,18+,19+,20+,21+,22+,23-,24+,25+,28-/m1/s1. The Bertz CT molecular complexity index is 1860. The van der Waals surface area contributed by atoms with Gasteiger partial charge in [0.2, 0.25) is 53.2 Å². The topological polar surface area (TPSA) is 481 Å². The number of aliphatic carboxylic acids is 2. The van der Waals surface area contributed by atoms with Gasteiger partial charge in [-0.25, -0.2) is 0 Å². The van der Waals surface area contributed by atoms with Crippen molar-refractivity contribution in [3.63, 3.8) is 0 Å². The summed E-state index contributed by atoms with van der Waals surface area (Å²) in [4.78, 5) is 149. The summed E-state index contributed by atoms with van der Waals surface area (Å²) >= 11 is 1.38. The second kappa shape index (κ2) is 31.5. The summed E-state index contributed by atoms with van der Waals surface area (Å²) in [6.07, 6.45) is -2.21. The molecule has 1 heterocycles. The average Bonchev–Trinajstić information content (AvgIpc) is 3.25. The van der Waals surface area contributed by atoms with Crippen LogP contribution in [0.5, 0.6) is 0 Å². The molecule has 1 aliphatic rings. The third-order valence-electron chi connectivity index (χ3n) is 9.64.